The van der Waals surface area contributed by atoms with Crippen LogP contribution < -0.4 is 21.3 Å². The van der Waals surface area contributed by atoms with Crippen molar-refractivity contribution in [2.24, 2.45) is 5.92 Å². The standard InChI is InChI=1S/C24H27N7O/c1-15(26-2)23(32)29-21-10-16(11-21)6-7-18-14-27-24(31-22(18)28-19-8-9-19)30-20-5-3-4-17(12-20)13-25/h3-5,12,14-16,19,21,26H,8-11H2,1-2H3,(H,29,32)(H2,27,28,30,31)/t15-,16-,21+/m0/s1. The SMILES string of the molecule is CN[C@@H](C)C(=O)N[C@H]1C[C@@H](C#Cc2cnc(Nc3cccc(C#N)c3)nc2NC2CC2)C1. The Morgan fingerprint density at radius 2 is 2.06 bits per heavy atom. The molecule has 1 aromatic heterocycles. The molecule has 8 nitrogen and oxygen atoms in total. The van der Waals surface area contributed by atoms with E-state index in [1.807, 2.05) is 19.1 Å². The number of benzene rings is 1. The predicted molar refractivity (Wildman–Crippen MR) is 123 cm³/mol. The van der Waals surface area contributed by atoms with Crippen molar-refractivity contribution >= 4 is 23.4 Å². The molecule has 0 bridgehead atoms. The highest BCUT2D eigenvalue weighted by Gasteiger charge is 2.30. The highest BCUT2D eigenvalue weighted by atomic mass is 16.2. The minimum atomic E-state index is -0.192. The van der Waals surface area contributed by atoms with Crippen LogP contribution in [0.2, 0.25) is 0 Å². The number of hydrogen-bond acceptors (Lipinski definition) is 7. The summed E-state index contributed by atoms with van der Waals surface area (Å²) in [7, 11) is 1.78. The number of nitrogens with one attached hydrogen (secondary N) is 4. The van der Waals surface area contributed by atoms with Gasteiger partial charge in [-0.15, -0.1) is 0 Å². The van der Waals surface area contributed by atoms with Gasteiger partial charge in [0.25, 0.3) is 0 Å². The number of carbonyl (C=O) groups excluding carboxylic acids is 1. The molecule has 32 heavy (non-hydrogen) atoms. The predicted octanol–water partition coefficient (Wildman–Crippen LogP) is 2.52. The molecule has 0 spiro atoms. The Balaban J connectivity index is 1.41. The van der Waals surface area contributed by atoms with Crippen LogP contribution in [0.25, 0.3) is 0 Å². The van der Waals surface area contributed by atoms with Gasteiger partial charge in [0.2, 0.25) is 11.9 Å². The van der Waals surface area contributed by atoms with Crippen molar-refractivity contribution in [1.29, 1.82) is 5.26 Å². The molecule has 4 rings (SSSR count). The number of likely N-dealkylation sites (N-methyl/N-ethyl adjacent to an activating group) is 1. The monoisotopic (exact) mass is 429 g/mol. The van der Waals surface area contributed by atoms with Crippen LogP contribution in [-0.4, -0.2) is 41.0 Å². The van der Waals surface area contributed by atoms with E-state index >= 15 is 0 Å². The first kappa shape index (κ1) is 21.6. The molecule has 2 aliphatic rings. The molecule has 0 unspecified atom stereocenters. The second-order valence-electron chi connectivity index (χ2n) is 8.35. The molecular weight excluding hydrogens is 402 g/mol. The molecule has 1 aromatic carbocycles. The quantitative estimate of drug-likeness (QED) is 0.500. The van der Waals surface area contributed by atoms with Crippen molar-refractivity contribution in [3.8, 4) is 17.9 Å². The van der Waals surface area contributed by atoms with E-state index in [4.69, 9.17) is 5.26 Å². The van der Waals surface area contributed by atoms with Gasteiger partial charge >= 0.3 is 0 Å². The van der Waals surface area contributed by atoms with Crippen molar-refractivity contribution in [3.05, 3.63) is 41.6 Å². The summed E-state index contributed by atoms with van der Waals surface area (Å²) in [6.07, 6.45) is 5.69. The minimum Gasteiger partial charge on any atom is -0.366 e. The lowest BCUT2D eigenvalue weighted by Crippen LogP contribution is -2.49. The minimum absolute atomic E-state index is 0.0247. The largest absolute Gasteiger partial charge is 0.366 e. The van der Waals surface area contributed by atoms with Gasteiger partial charge in [-0.1, -0.05) is 17.9 Å². The summed E-state index contributed by atoms with van der Waals surface area (Å²) in [6, 6.07) is 9.75. The number of nitriles is 1. The molecule has 1 heterocycles. The summed E-state index contributed by atoms with van der Waals surface area (Å²) >= 11 is 0. The van der Waals surface area contributed by atoms with E-state index < -0.39 is 0 Å². The number of amides is 1. The topological polar surface area (TPSA) is 115 Å². The summed E-state index contributed by atoms with van der Waals surface area (Å²) < 4.78 is 0. The van der Waals surface area contributed by atoms with E-state index in [-0.39, 0.29) is 23.9 Å². The van der Waals surface area contributed by atoms with Crippen LogP contribution in [0.15, 0.2) is 30.5 Å². The third-order valence-corrected chi connectivity index (χ3v) is 5.68. The van der Waals surface area contributed by atoms with E-state index in [9.17, 15) is 4.79 Å². The Kier molecular flexibility index (Phi) is 6.53. The Bertz CT molecular complexity index is 1090. The van der Waals surface area contributed by atoms with Crippen LogP contribution in [-0.2, 0) is 4.79 Å². The highest BCUT2D eigenvalue weighted by molar-refractivity contribution is 5.81. The van der Waals surface area contributed by atoms with E-state index in [1.54, 1.807) is 25.4 Å². The van der Waals surface area contributed by atoms with Gasteiger partial charge in [0, 0.05) is 23.7 Å². The van der Waals surface area contributed by atoms with E-state index in [2.05, 4.69) is 49.1 Å². The van der Waals surface area contributed by atoms with Crippen molar-refractivity contribution in [3.63, 3.8) is 0 Å². The fourth-order valence-corrected chi connectivity index (χ4v) is 3.35. The van der Waals surface area contributed by atoms with Gasteiger partial charge in [0.1, 0.15) is 5.82 Å². The molecule has 4 N–H and O–H groups in total. The highest BCUT2D eigenvalue weighted by Crippen LogP contribution is 2.28. The number of carbonyl (C=O) groups is 1. The fraction of sp³-hybridized carbons (Fsp3) is 0.417. The smallest absolute Gasteiger partial charge is 0.237 e. The van der Waals surface area contributed by atoms with Gasteiger partial charge in [0.15, 0.2) is 0 Å². The van der Waals surface area contributed by atoms with Crippen LogP contribution >= 0.6 is 0 Å². The molecule has 1 amide bonds. The second kappa shape index (κ2) is 9.67. The van der Waals surface area contributed by atoms with Crippen molar-refractivity contribution in [2.75, 3.05) is 17.7 Å². The summed E-state index contributed by atoms with van der Waals surface area (Å²) in [4.78, 5) is 21.0. The lowest BCUT2D eigenvalue weighted by molar-refractivity contribution is -0.124. The lowest BCUT2D eigenvalue weighted by Gasteiger charge is -2.33. The maximum absolute atomic E-state index is 12.0. The Morgan fingerprint density at radius 1 is 1.25 bits per heavy atom. The van der Waals surface area contributed by atoms with Crippen molar-refractivity contribution in [2.45, 2.75) is 50.7 Å². The number of nitrogens with zero attached hydrogens (tertiary/aromatic N) is 3. The number of aromatic nitrogens is 2. The molecule has 0 aliphatic heterocycles. The van der Waals surface area contributed by atoms with Gasteiger partial charge in [-0.25, -0.2) is 4.98 Å². The molecule has 8 heteroatoms. The average Bonchev–Trinajstić information content (AvgIpc) is 3.59. The third-order valence-electron chi connectivity index (χ3n) is 5.68. The Morgan fingerprint density at radius 3 is 2.78 bits per heavy atom. The summed E-state index contributed by atoms with van der Waals surface area (Å²) in [5.74, 6) is 8.00. The third kappa shape index (κ3) is 5.54. The van der Waals surface area contributed by atoms with Gasteiger partial charge < -0.3 is 21.3 Å². The molecule has 2 saturated carbocycles. The summed E-state index contributed by atoms with van der Waals surface area (Å²) in [5, 5.41) is 21.7. The summed E-state index contributed by atoms with van der Waals surface area (Å²) in [6.45, 7) is 1.85. The number of hydrogen-bond donors (Lipinski definition) is 4. The summed E-state index contributed by atoms with van der Waals surface area (Å²) in [5.41, 5.74) is 2.10. The first-order valence-corrected chi connectivity index (χ1v) is 10.9. The lowest BCUT2D eigenvalue weighted by atomic mass is 9.80. The van der Waals surface area contributed by atoms with E-state index in [1.165, 1.54) is 0 Å². The molecule has 2 aliphatic carbocycles. The number of rotatable bonds is 7. The zero-order chi connectivity index (χ0) is 22.5. The molecule has 164 valence electrons. The van der Waals surface area contributed by atoms with Crippen LogP contribution in [0.4, 0.5) is 17.5 Å². The first-order valence-electron chi connectivity index (χ1n) is 10.9. The molecule has 1 atom stereocenters. The molecule has 0 saturated heterocycles. The van der Waals surface area contributed by atoms with Crippen molar-refractivity contribution < 1.29 is 4.79 Å². The van der Waals surface area contributed by atoms with Crippen molar-refractivity contribution in [1.82, 2.24) is 20.6 Å². The molecular formula is C24H27N7O. The normalized spacial score (nSPS) is 20.0. The van der Waals surface area contributed by atoms with Gasteiger partial charge in [-0.3, -0.25) is 4.79 Å². The number of anilines is 3. The van der Waals surface area contributed by atoms with Crippen LogP contribution in [0.3, 0.4) is 0 Å². The van der Waals surface area contributed by atoms with Crippen LogP contribution in [0.5, 0.6) is 0 Å². The average molecular weight is 430 g/mol. The van der Waals surface area contributed by atoms with E-state index in [0.29, 0.717) is 17.6 Å². The zero-order valence-electron chi connectivity index (χ0n) is 18.3. The maximum Gasteiger partial charge on any atom is 0.237 e. The van der Waals surface area contributed by atoms with Gasteiger partial charge in [-0.05, 0) is 57.9 Å². The van der Waals surface area contributed by atoms with Gasteiger partial charge in [0.05, 0.1) is 29.4 Å². The molecule has 0 radical (unpaired) electrons. The zero-order valence-corrected chi connectivity index (χ0v) is 18.3. The van der Waals surface area contributed by atoms with Gasteiger partial charge in [-0.2, -0.15) is 10.2 Å². The Hall–Kier alpha value is -3.62. The first-order chi connectivity index (χ1) is 15.5. The van der Waals surface area contributed by atoms with Crippen LogP contribution in [0, 0.1) is 29.1 Å². The Labute approximate surface area is 188 Å². The van der Waals surface area contributed by atoms with E-state index in [0.717, 1.165) is 42.8 Å². The molecule has 2 fully saturated rings. The van der Waals surface area contributed by atoms with Crippen LogP contribution in [0.1, 0.15) is 43.7 Å². The molecule has 2 aromatic rings. The fourth-order valence-electron chi connectivity index (χ4n) is 3.35. The maximum atomic E-state index is 12.0. The second-order valence-corrected chi connectivity index (χ2v) is 8.35.